The minimum Gasteiger partial charge on any atom is -0.343 e. The number of piperidine rings is 1. The molecular formula is C27H31N3O4S. The second-order valence-corrected chi connectivity index (χ2v) is 10.9. The van der Waals surface area contributed by atoms with E-state index in [0.717, 1.165) is 18.4 Å². The highest BCUT2D eigenvalue weighted by Crippen LogP contribution is 2.31. The molecule has 7 nitrogen and oxygen atoms in total. The van der Waals surface area contributed by atoms with Gasteiger partial charge in [0.25, 0.3) is 5.91 Å². The third-order valence-electron chi connectivity index (χ3n) is 6.76. The Labute approximate surface area is 206 Å². The molecule has 1 saturated heterocycles. The lowest BCUT2D eigenvalue weighted by Gasteiger charge is -2.35. The number of hydrogen-bond acceptors (Lipinski definition) is 4. The van der Waals surface area contributed by atoms with Crippen LogP contribution in [0.5, 0.6) is 0 Å². The van der Waals surface area contributed by atoms with Crippen LogP contribution in [-0.2, 0) is 14.8 Å². The molecule has 35 heavy (non-hydrogen) atoms. The van der Waals surface area contributed by atoms with Gasteiger partial charge < -0.3 is 10.2 Å². The zero-order valence-corrected chi connectivity index (χ0v) is 21.1. The molecule has 0 saturated carbocycles. The molecule has 2 amide bonds. The molecule has 3 aromatic carbocycles. The van der Waals surface area contributed by atoms with E-state index in [-0.39, 0.29) is 28.7 Å². The number of likely N-dealkylation sites (tertiary alicyclic amines) is 1. The maximum Gasteiger partial charge on any atom is 0.255 e. The number of carbonyl (C=O) groups is 2. The van der Waals surface area contributed by atoms with E-state index in [1.54, 1.807) is 42.2 Å². The van der Waals surface area contributed by atoms with Crippen molar-refractivity contribution in [2.24, 2.45) is 5.92 Å². The summed E-state index contributed by atoms with van der Waals surface area (Å²) < 4.78 is 29.7. The average molecular weight is 494 g/mol. The van der Waals surface area contributed by atoms with Gasteiger partial charge in [0.2, 0.25) is 15.9 Å². The monoisotopic (exact) mass is 493 g/mol. The first-order valence-corrected chi connectivity index (χ1v) is 13.3. The Morgan fingerprint density at radius 1 is 1.00 bits per heavy atom. The van der Waals surface area contributed by atoms with Gasteiger partial charge in [0.05, 0.1) is 4.90 Å². The SMILES string of the molecule is CC(=O)N1CCCC(C(C)NS(=O)(=O)c2ccc(NC(=O)c3ccccc3C)c3ccccc23)C1. The Morgan fingerprint density at radius 2 is 1.69 bits per heavy atom. The first-order chi connectivity index (χ1) is 16.7. The van der Waals surface area contributed by atoms with Gasteiger partial charge >= 0.3 is 0 Å². The van der Waals surface area contributed by atoms with Crippen LogP contribution in [0.3, 0.4) is 0 Å². The number of anilines is 1. The van der Waals surface area contributed by atoms with Crippen LogP contribution in [-0.4, -0.2) is 44.3 Å². The van der Waals surface area contributed by atoms with E-state index in [1.165, 1.54) is 6.07 Å². The highest BCUT2D eigenvalue weighted by Gasteiger charge is 2.30. The third kappa shape index (κ3) is 5.39. The Balaban J connectivity index is 1.60. The quantitative estimate of drug-likeness (QED) is 0.534. The lowest BCUT2D eigenvalue weighted by Crippen LogP contribution is -2.47. The molecule has 0 radical (unpaired) electrons. The number of rotatable bonds is 6. The Bertz CT molecular complexity index is 1370. The average Bonchev–Trinajstić information content (AvgIpc) is 2.84. The molecule has 1 aliphatic heterocycles. The van der Waals surface area contributed by atoms with Crippen LogP contribution >= 0.6 is 0 Å². The molecule has 184 valence electrons. The molecule has 1 fully saturated rings. The molecular weight excluding hydrogens is 462 g/mol. The molecule has 2 atom stereocenters. The molecule has 2 unspecified atom stereocenters. The zero-order valence-electron chi connectivity index (χ0n) is 20.2. The van der Waals surface area contributed by atoms with Crippen LogP contribution in [0.1, 0.15) is 42.6 Å². The van der Waals surface area contributed by atoms with Crippen molar-refractivity contribution in [3.05, 3.63) is 71.8 Å². The Kier molecular flexibility index (Phi) is 7.23. The van der Waals surface area contributed by atoms with Crippen molar-refractivity contribution in [3.8, 4) is 0 Å². The highest BCUT2D eigenvalue weighted by atomic mass is 32.2. The van der Waals surface area contributed by atoms with Crippen molar-refractivity contribution in [1.29, 1.82) is 0 Å². The number of nitrogens with one attached hydrogen (secondary N) is 2. The third-order valence-corrected chi connectivity index (χ3v) is 8.38. The number of aryl methyl sites for hydroxylation is 1. The molecule has 3 aromatic rings. The van der Waals surface area contributed by atoms with E-state index in [4.69, 9.17) is 0 Å². The maximum atomic E-state index is 13.4. The van der Waals surface area contributed by atoms with E-state index in [1.807, 2.05) is 38.1 Å². The summed E-state index contributed by atoms with van der Waals surface area (Å²) in [7, 11) is -3.84. The largest absolute Gasteiger partial charge is 0.343 e. The molecule has 0 aromatic heterocycles. The minimum absolute atomic E-state index is 0.0130. The van der Waals surface area contributed by atoms with Gasteiger partial charge in [0.1, 0.15) is 0 Å². The zero-order chi connectivity index (χ0) is 25.2. The molecule has 0 aliphatic carbocycles. The number of sulfonamides is 1. The Hall–Kier alpha value is -3.23. The standard InChI is InChI=1S/C27H31N3O4S/c1-18-9-4-5-11-22(18)27(32)28-25-14-15-26(24-13-7-6-12-23(24)25)35(33,34)29-19(2)21-10-8-16-30(17-21)20(3)31/h4-7,9,11-15,19,21,29H,8,10,16-17H2,1-3H3,(H,28,32). The van der Waals surface area contributed by atoms with Crippen LogP contribution < -0.4 is 10.0 Å². The highest BCUT2D eigenvalue weighted by molar-refractivity contribution is 7.89. The van der Waals surface area contributed by atoms with Crippen LogP contribution in [0.25, 0.3) is 10.8 Å². The maximum absolute atomic E-state index is 13.4. The van der Waals surface area contributed by atoms with Gasteiger partial charge in [-0.1, -0.05) is 42.5 Å². The van der Waals surface area contributed by atoms with Crippen molar-refractivity contribution in [3.63, 3.8) is 0 Å². The fraction of sp³-hybridized carbons (Fsp3) is 0.333. The number of carbonyl (C=O) groups excluding carboxylic acids is 2. The van der Waals surface area contributed by atoms with Gasteiger partial charge in [-0.25, -0.2) is 13.1 Å². The topological polar surface area (TPSA) is 95.6 Å². The molecule has 1 heterocycles. The number of fused-ring (bicyclic) bond motifs is 1. The van der Waals surface area contributed by atoms with Gasteiger partial charge in [-0.3, -0.25) is 9.59 Å². The molecule has 4 rings (SSSR count). The fourth-order valence-corrected chi connectivity index (χ4v) is 6.26. The lowest BCUT2D eigenvalue weighted by atomic mass is 9.92. The second kappa shape index (κ2) is 10.2. The van der Waals surface area contributed by atoms with Crippen LogP contribution in [0.4, 0.5) is 5.69 Å². The van der Waals surface area contributed by atoms with Gasteiger partial charge in [0.15, 0.2) is 0 Å². The Morgan fingerprint density at radius 3 is 2.40 bits per heavy atom. The fourth-order valence-electron chi connectivity index (χ4n) is 4.74. The van der Waals surface area contributed by atoms with Gasteiger partial charge in [-0.05, 0) is 56.4 Å². The first kappa shape index (κ1) is 24.9. The molecule has 8 heteroatoms. The number of benzene rings is 3. The van der Waals surface area contributed by atoms with Crippen LogP contribution in [0.2, 0.25) is 0 Å². The molecule has 2 N–H and O–H groups in total. The molecule has 0 bridgehead atoms. The number of nitrogens with zero attached hydrogens (tertiary/aromatic N) is 1. The number of amides is 2. The van der Waals surface area contributed by atoms with Gasteiger partial charge in [-0.2, -0.15) is 0 Å². The van der Waals surface area contributed by atoms with Crippen LogP contribution in [0.15, 0.2) is 65.6 Å². The van der Waals surface area contributed by atoms with Crippen molar-refractivity contribution in [2.75, 3.05) is 18.4 Å². The molecule has 0 spiro atoms. The molecule has 1 aliphatic rings. The smallest absolute Gasteiger partial charge is 0.255 e. The first-order valence-electron chi connectivity index (χ1n) is 11.8. The predicted molar refractivity (Wildman–Crippen MR) is 138 cm³/mol. The lowest BCUT2D eigenvalue weighted by molar-refractivity contribution is -0.130. The normalized spacial score (nSPS) is 17.2. The van der Waals surface area contributed by atoms with E-state index in [9.17, 15) is 18.0 Å². The second-order valence-electron chi connectivity index (χ2n) is 9.20. The van der Waals surface area contributed by atoms with Crippen molar-refractivity contribution >= 4 is 38.3 Å². The summed E-state index contributed by atoms with van der Waals surface area (Å²) in [5, 5.41) is 4.11. The van der Waals surface area contributed by atoms with E-state index >= 15 is 0 Å². The van der Waals surface area contributed by atoms with E-state index in [2.05, 4.69) is 10.0 Å². The predicted octanol–water partition coefficient (Wildman–Crippen LogP) is 4.33. The van der Waals surface area contributed by atoms with Gasteiger partial charge in [0, 0.05) is 48.1 Å². The van der Waals surface area contributed by atoms with E-state index < -0.39 is 10.0 Å². The summed E-state index contributed by atoms with van der Waals surface area (Å²) in [6, 6.07) is 17.3. The van der Waals surface area contributed by atoms with E-state index in [0.29, 0.717) is 35.1 Å². The minimum atomic E-state index is -3.84. The summed E-state index contributed by atoms with van der Waals surface area (Å²) in [6.45, 7) is 6.53. The van der Waals surface area contributed by atoms with Crippen molar-refractivity contribution < 1.29 is 18.0 Å². The van der Waals surface area contributed by atoms with Gasteiger partial charge in [-0.15, -0.1) is 0 Å². The summed E-state index contributed by atoms with van der Waals surface area (Å²) in [5.74, 6) is -0.191. The van der Waals surface area contributed by atoms with Crippen molar-refractivity contribution in [2.45, 2.75) is 44.6 Å². The summed E-state index contributed by atoms with van der Waals surface area (Å²) in [4.78, 5) is 26.6. The summed E-state index contributed by atoms with van der Waals surface area (Å²) in [6.07, 6.45) is 1.71. The van der Waals surface area contributed by atoms with Crippen molar-refractivity contribution in [1.82, 2.24) is 9.62 Å². The van der Waals surface area contributed by atoms with Crippen LogP contribution in [0, 0.1) is 12.8 Å². The summed E-state index contributed by atoms with van der Waals surface area (Å²) in [5.41, 5.74) is 1.97. The summed E-state index contributed by atoms with van der Waals surface area (Å²) >= 11 is 0. The number of hydrogen-bond donors (Lipinski definition) is 2.